The van der Waals surface area contributed by atoms with Crippen LogP contribution in [0, 0.1) is 5.82 Å². The number of nitrogens with one attached hydrogen (secondary N) is 1. The summed E-state index contributed by atoms with van der Waals surface area (Å²) in [6.45, 7) is 1.80. The summed E-state index contributed by atoms with van der Waals surface area (Å²) in [5.74, 6) is -1.73. The minimum absolute atomic E-state index is 0.271. The predicted molar refractivity (Wildman–Crippen MR) is 70.4 cm³/mol. The van der Waals surface area contributed by atoms with E-state index >= 15 is 0 Å². The van der Waals surface area contributed by atoms with E-state index in [0.29, 0.717) is 0 Å². The van der Waals surface area contributed by atoms with Gasteiger partial charge in [0, 0.05) is 0 Å². The van der Waals surface area contributed by atoms with Crippen molar-refractivity contribution in [3.63, 3.8) is 0 Å². The number of amides is 1. The van der Waals surface area contributed by atoms with Crippen LogP contribution in [-0.4, -0.2) is 11.0 Å². The van der Waals surface area contributed by atoms with Crippen molar-refractivity contribution in [3.8, 4) is 5.75 Å². The van der Waals surface area contributed by atoms with E-state index in [4.69, 9.17) is 0 Å². The zero-order valence-electron chi connectivity index (χ0n) is 10.4. The third-order valence-electron chi connectivity index (χ3n) is 2.87. The first-order chi connectivity index (χ1) is 9.09. The van der Waals surface area contributed by atoms with Crippen LogP contribution in [0.1, 0.15) is 28.9 Å². The lowest BCUT2D eigenvalue weighted by Gasteiger charge is -2.15. The summed E-state index contributed by atoms with van der Waals surface area (Å²) in [5, 5.41) is 12.2. The SMILES string of the molecule is CC(NC(=O)c1c(O)cccc1F)c1ccccc1. The Bertz CT molecular complexity index is 564. The molecule has 4 heteroatoms. The van der Waals surface area contributed by atoms with E-state index in [-0.39, 0.29) is 17.4 Å². The van der Waals surface area contributed by atoms with Crippen molar-refractivity contribution in [2.24, 2.45) is 0 Å². The van der Waals surface area contributed by atoms with Crippen molar-refractivity contribution in [1.29, 1.82) is 0 Å². The van der Waals surface area contributed by atoms with Crippen LogP contribution < -0.4 is 5.32 Å². The van der Waals surface area contributed by atoms with Gasteiger partial charge in [-0.2, -0.15) is 0 Å². The van der Waals surface area contributed by atoms with E-state index in [9.17, 15) is 14.3 Å². The maximum Gasteiger partial charge on any atom is 0.258 e. The summed E-state index contributed by atoms with van der Waals surface area (Å²) in [6.07, 6.45) is 0. The molecule has 0 saturated heterocycles. The van der Waals surface area contributed by atoms with Gasteiger partial charge in [0.15, 0.2) is 0 Å². The lowest BCUT2D eigenvalue weighted by Crippen LogP contribution is -2.27. The van der Waals surface area contributed by atoms with E-state index < -0.39 is 11.7 Å². The summed E-state index contributed by atoms with van der Waals surface area (Å²) in [5.41, 5.74) is 0.581. The van der Waals surface area contributed by atoms with Crippen LogP contribution in [0.3, 0.4) is 0 Å². The highest BCUT2D eigenvalue weighted by molar-refractivity contribution is 5.97. The first kappa shape index (κ1) is 13.1. The minimum atomic E-state index is -0.738. The minimum Gasteiger partial charge on any atom is -0.507 e. The van der Waals surface area contributed by atoms with Gasteiger partial charge in [-0.1, -0.05) is 36.4 Å². The molecule has 0 bridgehead atoms. The normalized spacial score (nSPS) is 11.9. The zero-order valence-corrected chi connectivity index (χ0v) is 10.4. The predicted octanol–water partition coefficient (Wildman–Crippen LogP) is 3.02. The molecule has 2 rings (SSSR count). The van der Waals surface area contributed by atoms with Gasteiger partial charge < -0.3 is 10.4 Å². The average molecular weight is 259 g/mol. The molecule has 0 saturated carbocycles. The third kappa shape index (κ3) is 2.91. The Hall–Kier alpha value is -2.36. The monoisotopic (exact) mass is 259 g/mol. The highest BCUT2D eigenvalue weighted by atomic mass is 19.1. The molecule has 3 nitrogen and oxygen atoms in total. The lowest BCUT2D eigenvalue weighted by molar-refractivity contribution is 0.0933. The summed E-state index contributed by atoms with van der Waals surface area (Å²) in [6, 6.07) is 12.8. The Morgan fingerprint density at radius 2 is 1.84 bits per heavy atom. The molecule has 19 heavy (non-hydrogen) atoms. The molecule has 2 aromatic carbocycles. The van der Waals surface area contributed by atoms with Crippen LogP contribution in [-0.2, 0) is 0 Å². The van der Waals surface area contributed by atoms with E-state index in [1.165, 1.54) is 12.1 Å². The van der Waals surface area contributed by atoms with Gasteiger partial charge in [0.1, 0.15) is 17.1 Å². The van der Waals surface area contributed by atoms with Crippen molar-refractivity contribution in [1.82, 2.24) is 5.32 Å². The van der Waals surface area contributed by atoms with Crippen molar-refractivity contribution in [3.05, 3.63) is 65.5 Å². The molecule has 0 aliphatic heterocycles. The molecule has 0 fully saturated rings. The van der Waals surface area contributed by atoms with Crippen LogP contribution in [0.15, 0.2) is 48.5 Å². The average Bonchev–Trinajstić information content (AvgIpc) is 2.39. The van der Waals surface area contributed by atoms with Gasteiger partial charge in [-0.05, 0) is 24.6 Å². The van der Waals surface area contributed by atoms with Crippen LogP contribution >= 0.6 is 0 Å². The quantitative estimate of drug-likeness (QED) is 0.890. The van der Waals surface area contributed by atoms with Crippen molar-refractivity contribution in [2.75, 3.05) is 0 Å². The largest absolute Gasteiger partial charge is 0.507 e. The Balaban J connectivity index is 2.18. The number of carbonyl (C=O) groups is 1. The van der Waals surface area contributed by atoms with Gasteiger partial charge >= 0.3 is 0 Å². The second-order valence-electron chi connectivity index (χ2n) is 4.24. The number of rotatable bonds is 3. The summed E-state index contributed by atoms with van der Waals surface area (Å²) >= 11 is 0. The first-order valence-corrected chi connectivity index (χ1v) is 5.93. The van der Waals surface area contributed by atoms with Gasteiger partial charge in [0.2, 0.25) is 0 Å². The standard InChI is InChI=1S/C15H14FNO2/c1-10(11-6-3-2-4-7-11)17-15(19)14-12(16)8-5-9-13(14)18/h2-10,18H,1H3,(H,17,19). The Morgan fingerprint density at radius 3 is 2.47 bits per heavy atom. The molecule has 0 radical (unpaired) electrons. The molecule has 1 atom stereocenters. The van der Waals surface area contributed by atoms with Crippen LogP contribution in [0.25, 0.3) is 0 Å². The molecule has 0 aliphatic carbocycles. The highest BCUT2D eigenvalue weighted by Gasteiger charge is 2.18. The molecule has 0 spiro atoms. The molecule has 0 heterocycles. The van der Waals surface area contributed by atoms with Crippen molar-refractivity contribution >= 4 is 5.91 Å². The van der Waals surface area contributed by atoms with Crippen molar-refractivity contribution in [2.45, 2.75) is 13.0 Å². The summed E-state index contributed by atoms with van der Waals surface area (Å²) < 4.78 is 13.5. The summed E-state index contributed by atoms with van der Waals surface area (Å²) in [4.78, 5) is 12.0. The fraction of sp³-hybridized carbons (Fsp3) is 0.133. The fourth-order valence-electron chi connectivity index (χ4n) is 1.83. The molecule has 0 aliphatic rings. The number of benzene rings is 2. The zero-order chi connectivity index (χ0) is 13.8. The number of carbonyl (C=O) groups excluding carboxylic acids is 1. The van der Waals surface area contributed by atoms with E-state index in [1.54, 1.807) is 6.92 Å². The lowest BCUT2D eigenvalue weighted by atomic mass is 10.1. The molecule has 2 N–H and O–H groups in total. The topological polar surface area (TPSA) is 49.3 Å². The van der Waals surface area contributed by atoms with Gasteiger partial charge in [-0.3, -0.25) is 4.79 Å². The number of aromatic hydroxyl groups is 1. The smallest absolute Gasteiger partial charge is 0.258 e. The molecule has 0 aromatic heterocycles. The molecular formula is C15H14FNO2. The number of phenols is 1. The Morgan fingerprint density at radius 1 is 1.16 bits per heavy atom. The second kappa shape index (κ2) is 5.52. The second-order valence-corrected chi connectivity index (χ2v) is 4.24. The molecule has 98 valence electrons. The van der Waals surface area contributed by atoms with Gasteiger partial charge in [-0.15, -0.1) is 0 Å². The van der Waals surface area contributed by atoms with Crippen LogP contribution in [0.4, 0.5) is 4.39 Å². The number of phenolic OH excluding ortho intramolecular Hbond substituents is 1. The van der Waals surface area contributed by atoms with Crippen LogP contribution in [0.2, 0.25) is 0 Å². The number of hydrogen-bond acceptors (Lipinski definition) is 2. The number of hydrogen-bond donors (Lipinski definition) is 2. The molecular weight excluding hydrogens is 245 g/mol. The number of halogens is 1. The fourth-order valence-corrected chi connectivity index (χ4v) is 1.83. The Labute approximate surface area is 110 Å². The molecule has 1 unspecified atom stereocenters. The van der Waals surface area contributed by atoms with E-state index in [1.807, 2.05) is 30.3 Å². The van der Waals surface area contributed by atoms with Crippen LogP contribution in [0.5, 0.6) is 5.75 Å². The maximum absolute atomic E-state index is 13.5. The summed E-state index contributed by atoms with van der Waals surface area (Å²) in [7, 11) is 0. The van der Waals surface area contributed by atoms with Gasteiger partial charge in [0.05, 0.1) is 6.04 Å². The van der Waals surface area contributed by atoms with Crippen molar-refractivity contribution < 1.29 is 14.3 Å². The first-order valence-electron chi connectivity index (χ1n) is 5.93. The Kier molecular flexibility index (Phi) is 3.80. The third-order valence-corrected chi connectivity index (χ3v) is 2.87. The van der Waals surface area contributed by atoms with E-state index in [0.717, 1.165) is 11.6 Å². The molecule has 1 amide bonds. The maximum atomic E-state index is 13.5. The van der Waals surface area contributed by atoms with E-state index in [2.05, 4.69) is 5.32 Å². The van der Waals surface area contributed by atoms with Gasteiger partial charge in [-0.25, -0.2) is 4.39 Å². The highest BCUT2D eigenvalue weighted by Crippen LogP contribution is 2.21. The molecule has 2 aromatic rings. The van der Waals surface area contributed by atoms with Gasteiger partial charge in [0.25, 0.3) is 5.91 Å².